The minimum atomic E-state index is 0.432. The second kappa shape index (κ2) is 5.27. The number of nitrogens with two attached hydrogens (primary N) is 1. The van der Waals surface area contributed by atoms with E-state index in [1.807, 2.05) is 25.1 Å². The maximum absolute atomic E-state index is 6.06. The third-order valence-corrected chi connectivity index (χ3v) is 3.67. The molecule has 3 N–H and O–H groups in total. The molecule has 2 rings (SSSR count). The van der Waals surface area contributed by atoms with Crippen molar-refractivity contribution >= 4 is 51.9 Å². The van der Waals surface area contributed by atoms with Gasteiger partial charge >= 0.3 is 0 Å². The lowest BCUT2D eigenvalue weighted by molar-refractivity contribution is 1.45. The zero-order valence-electron chi connectivity index (χ0n) is 9.60. The minimum absolute atomic E-state index is 0.432. The second-order valence-electron chi connectivity index (χ2n) is 3.94. The van der Waals surface area contributed by atoms with Crippen LogP contribution in [-0.4, -0.2) is 0 Å². The van der Waals surface area contributed by atoms with Crippen LogP contribution in [0.5, 0.6) is 0 Å². The molecule has 0 heterocycles. The molecule has 5 heteroatoms. The van der Waals surface area contributed by atoms with Crippen LogP contribution in [0.15, 0.2) is 30.3 Å². The monoisotopic (exact) mass is 300 g/mol. The summed E-state index contributed by atoms with van der Waals surface area (Å²) in [6.45, 7) is 1.94. The summed E-state index contributed by atoms with van der Waals surface area (Å²) in [5.41, 5.74) is 8.96. The summed E-state index contributed by atoms with van der Waals surface area (Å²) in [6.07, 6.45) is 0. The van der Waals surface area contributed by atoms with Crippen molar-refractivity contribution in [3.8, 4) is 0 Å². The Balaban J connectivity index is 2.34. The van der Waals surface area contributed by atoms with Gasteiger partial charge < -0.3 is 11.1 Å². The highest BCUT2D eigenvalue weighted by Gasteiger charge is 2.06. The zero-order valence-corrected chi connectivity index (χ0v) is 11.9. The maximum Gasteiger partial charge on any atom is 0.0633 e. The Morgan fingerprint density at radius 2 is 1.61 bits per heavy atom. The van der Waals surface area contributed by atoms with Gasteiger partial charge in [0.25, 0.3) is 0 Å². The lowest BCUT2D eigenvalue weighted by Crippen LogP contribution is -1.96. The first-order valence-corrected chi connectivity index (χ1v) is 6.38. The molecule has 0 spiro atoms. The average molecular weight is 302 g/mol. The summed E-state index contributed by atoms with van der Waals surface area (Å²) < 4.78 is 0. The van der Waals surface area contributed by atoms with Gasteiger partial charge in [-0.1, -0.05) is 40.9 Å². The molecule has 0 aliphatic carbocycles. The first-order valence-electron chi connectivity index (χ1n) is 5.25. The molecule has 18 heavy (non-hydrogen) atoms. The average Bonchev–Trinajstić information content (AvgIpc) is 2.31. The number of aryl methyl sites for hydroxylation is 1. The topological polar surface area (TPSA) is 38.0 Å². The van der Waals surface area contributed by atoms with Gasteiger partial charge in [0.2, 0.25) is 0 Å². The van der Waals surface area contributed by atoms with Crippen molar-refractivity contribution in [2.45, 2.75) is 6.92 Å². The smallest absolute Gasteiger partial charge is 0.0633 e. The van der Waals surface area contributed by atoms with Crippen molar-refractivity contribution in [2.24, 2.45) is 0 Å². The van der Waals surface area contributed by atoms with E-state index in [9.17, 15) is 0 Å². The molecule has 0 radical (unpaired) electrons. The Morgan fingerprint density at radius 1 is 0.944 bits per heavy atom. The molecule has 2 nitrogen and oxygen atoms in total. The largest absolute Gasteiger partial charge is 0.397 e. The van der Waals surface area contributed by atoms with Gasteiger partial charge in [0.1, 0.15) is 0 Å². The number of anilines is 3. The van der Waals surface area contributed by atoms with Crippen molar-refractivity contribution in [2.75, 3.05) is 11.1 Å². The Kier molecular flexibility index (Phi) is 3.91. The van der Waals surface area contributed by atoms with Crippen LogP contribution < -0.4 is 11.1 Å². The lowest BCUT2D eigenvalue weighted by atomic mass is 10.2. The lowest BCUT2D eigenvalue weighted by Gasteiger charge is -2.11. The minimum Gasteiger partial charge on any atom is -0.397 e. The molecule has 2 aromatic carbocycles. The van der Waals surface area contributed by atoms with Crippen LogP contribution >= 0.6 is 34.8 Å². The Morgan fingerprint density at radius 3 is 2.28 bits per heavy atom. The van der Waals surface area contributed by atoms with Gasteiger partial charge in [-0.25, -0.2) is 0 Å². The van der Waals surface area contributed by atoms with Crippen LogP contribution in [0.25, 0.3) is 0 Å². The van der Waals surface area contributed by atoms with E-state index in [0.29, 0.717) is 26.4 Å². The highest BCUT2D eigenvalue weighted by Crippen LogP contribution is 2.33. The highest BCUT2D eigenvalue weighted by atomic mass is 35.5. The summed E-state index contributed by atoms with van der Waals surface area (Å²) >= 11 is 17.9. The predicted molar refractivity (Wildman–Crippen MR) is 80.3 cm³/mol. The SMILES string of the molecule is Cc1ccc(Nc2cc(Cl)c(Cl)cc2N)cc1Cl. The van der Waals surface area contributed by atoms with Crippen molar-refractivity contribution < 1.29 is 0 Å². The molecule has 0 unspecified atom stereocenters. The number of rotatable bonds is 2. The number of hydrogen-bond acceptors (Lipinski definition) is 2. The standard InChI is InChI=1S/C13H11Cl3N2/c1-7-2-3-8(4-9(7)14)18-13-6-11(16)10(15)5-12(13)17/h2-6,18H,17H2,1H3. The molecule has 0 atom stereocenters. The summed E-state index contributed by atoms with van der Waals surface area (Å²) in [7, 11) is 0. The highest BCUT2D eigenvalue weighted by molar-refractivity contribution is 6.42. The van der Waals surface area contributed by atoms with E-state index in [1.165, 1.54) is 0 Å². The fourth-order valence-corrected chi connectivity index (χ4v) is 2.01. The van der Waals surface area contributed by atoms with Crippen molar-refractivity contribution in [3.63, 3.8) is 0 Å². The van der Waals surface area contributed by atoms with Crippen LogP contribution in [0.2, 0.25) is 15.1 Å². The fraction of sp³-hybridized carbons (Fsp3) is 0.0769. The number of halogens is 3. The molecule has 0 bridgehead atoms. The van der Waals surface area contributed by atoms with Crippen LogP contribution in [-0.2, 0) is 0 Å². The first kappa shape index (κ1) is 13.3. The molecule has 0 aliphatic rings. The Hall–Kier alpha value is -1.09. The van der Waals surface area contributed by atoms with E-state index in [4.69, 9.17) is 40.5 Å². The van der Waals surface area contributed by atoms with Crippen LogP contribution in [0.1, 0.15) is 5.56 Å². The third-order valence-electron chi connectivity index (χ3n) is 2.54. The molecule has 94 valence electrons. The van der Waals surface area contributed by atoms with E-state index >= 15 is 0 Å². The van der Waals surface area contributed by atoms with E-state index in [-0.39, 0.29) is 0 Å². The normalized spacial score (nSPS) is 10.4. The summed E-state index contributed by atoms with van der Waals surface area (Å²) in [4.78, 5) is 0. The van der Waals surface area contributed by atoms with Gasteiger partial charge in [-0.05, 0) is 36.8 Å². The number of hydrogen-bond donors (Lipinski definition) is 2. The maximum atomic E-state index is 6.06. The quantitative estimate of drug-likeness (QED) is 0.740. The van der Waals surface area contributed by atoms with Gasteiger partial charge in [0.15, 0.2) is 0 Å². The molecular formula is C13H11Cl3N2. The van der Waals surface area contributed by atoms with Gasteiger partial charge in [0, 0.05) is 10.7 Å². The number of nitrogens with one attached hydrogen (secondary N) is 1. The second-order valence-corrected chi connectivity index (χ2v) is 5.16. The molecule has 0 saturated heterocycles. The summed E-state index contributed by atoms with van der Waals surface area (Å²) in [5.74, 6) is 0. The number of nitrogen functional groups attached to an aromatic ring is 1. The molecule has 2 aromatic rings. The molecular weight excluding hydrogens is 291 g/mol. The van der Waals surface area contributed by atoms with Gasteiger partial charge in [0.05, 0.1) is 21.4 Å². The van der Waals surface area contributed by atoms with Crippen LogP contribution in [0.3, 0.4) is 0 Å². The van der Waals surface area contributed by atoms with Crippen molar-refractivity contribution in [1.29, 1.82) is 0 Å². The van der Waals surface area contributed by atoms with Gasteiger partial charge in [-0.3, -0.25) is 0 Å². The molecule has 0 amide bonds. The molecule has 0 aliphatic heterocycles. The third kappa shape index (κ3) is 2.83. The zero-order chi connectivity index (χ0) is 13.3. The number of benzene rings is 2. The van der Waals surface area contributed by atoms with Crippen molar-refractivity contribution in [3.05, 3.63) is 51.0 Å². The van der Waals surface area contributed by atoms with E-state index in [0.717, 1.165) is 11.3 Å². The van der Waals surface area contributed by atoms with Crippen molar-refractivity contribution in [1.82, 2.24) is 0 Å². The Labute approximate surface area is 121 Å². The van der Waals surface area contributed by atoms with Gasteiger partial charge in [-0.2, -0.15) is 0 Å². The Bertz CT molecular complexity index is 597. The first-order chi connectivity index (χ1) is 8.47. The predicted octanol–water partition coefficient (Wildman–Crippen LogP) is 5.28. The van der Waals surface area contributed by atoms with Gasteiger partial charge in [-0.15, -0.1) is 0 Å². The van der Waals surface area contributed by atoms with E-state index in [2.05, 4.69) is 5.32 Å². The summed E-state index contributed by atoms with van der Waals surface area (Å²) in [6, 6.07) is 8.98. The van der Waals surface area contributed by atoms with E-state index < -0.39 is 0 Å². The molecule has 0 fully saturated rings. The van der Waals surface area contributed by atoms with E-state index in [1.54, 1.807) is 12.1 Å². The van der Waals surface area contributed by atoms with Crippen LogP contribution in [0, 0.1) is 6.92 Å². The molecule has 0 aromatic heterocycles. The molecule has 0 saturated carbocycles. The van der Waals surface area contributed by atoms with Crippen LogP contribution in [0.4, 0.5) is 17.1 Å². The summed E-state index contributed by atoms with van der Waals surface area (Å²) in [5, 5.41) is 4.73. The fourth-order valence-electron chi connectivity index (χ4n) is 1.50.